The second-order valence-electron chi connectivity index (χ2n) is 5.29. The molecule has 2 rings (SSSR count). The van der Waals surface area contributed by atoms with E-state index in [0.29, 0.717) is 0 Å². The van der Waals surface area contributed by atoms with Gasteiger partial charge >= 0.3 is 0 Å². The van der Waals surface area contributed by atoms with Crippen molar-refractivity contribution in [1.82, 2.24) is 5.32 Å². The van der Waals surface area contributed by atoms with E-state index in [1.54, 1.807) is 7.11 Å². The summed E-state index contributed by atoms with van der Waals surface area (Å²) in [6.45, 7) is 8.17. The number of rotatable bonds is 3. The van der Waals surface area contributed by atoms with Crippen molar-refractivity contribution >= 4 is 0 Å². The molecule has 2 atom stereocenters. The first-order chi connectivity index (χ1) is 8.58. The molecule has 1 fully saturated rings. The summed E-state index contributed by atoms with van der Waals surface area (Å²) in [6, 6.07) is 6.25. The predicted molar refractivity (Wildman–Crippen MR) is 73.1 cm³/mol. The minimum Gasteiger partial charge on any atom is -0.496 e. The van der Waals surface area contributed by atoms with Crippen LogP contribution in [0.4, 0.5) is 0 Å². The molecular formula is C15H23NO2. The van der Waals surface area contributed by atoms with Crippen LogP contribution < -0.4 is 10.1 Å². The van der Waals surface area contributed by atoms with E-state index >= 15 is 0 Å². The van der Waals surface area contributed by atoms with Crippen LogP contribution in [0.1, 0.15) is 37.5 Å². The van der Waals surface area contributed by atoms with E-state index in [0.717, 1.165) is 30.8 Å². The van der Waals surface area contributed by atoms with Gasteiger partial charge in [-0.25, -0.2) is 0 Å². The number of morpholine rings is 1. The molecule has 1 saturated heterocycles. The summed E-state index contributed by atoms with van der Waals surface area (Å²) in [5.41, 5.74) is 2.29. The highest BCUT2D eigenvalue weighted by atomic mass is 16.5. The van der Waals surface area contributed by atoms with E-state index in [9.17, 15) is 0 Å². The highest BCUT2D eigenvalue weighted by molar-refractivity contribution is 5.39. The van der Waals surface area contributed by atoms with Crippen molar-refractivity contribution in [3.63, 3.8) is 0 Å². The van der Waals surface area contributed by atoms with Gasteiger partial charge in [0, 0.05) is 18.7 Å². The monoisotopic (exact) mass is 249 g/mol. The van der Waals surface area contributed by atoms with Gasteiger partial charge in [-0.15, -0.1) is 0 Å². The summed E-state index contributed by atoms with van der Waals surface area (Å²) in [7, 11) is 1.71. The quantitative estimate of drug-likeness (QED) is 0.893. The Morgan fingerprint density at radius 3 is 2.94 bits per heavy atom. The SMILES string of the molecule is CCC1(C)CNCC(c2cc(C)ccc2OC)O1. The molecule has 1 aliphatic heterocycles. The van der Waals surface area contributed by atoms with E-state index in [2.05, 4.69) is 38.2 Å². The van der Waals surface area contributed by atoms with E-state index in [4.69, 9.17) is 9.47 Å². The Balaban J connectivity index is 2.28. The zero-order chi connectivity index (χ0) is 13.2. The summed E-state index contributed by atoms with van der Waals surface area (Å²) in [5.74, 6) is 0.910. The van der Waals surface area contributed by atoms with Gasteiger partial charge in [-0.3, -0.25) is 0 Å². The lowest BCUT2D eigenvalue weighted by atomic mass is 9.97. The van der Waals surface area contributed by atoms with Gasteiger partial charge < -0.3 is 14.8 Å². The Kier molecular flexibility index (Phi) is 3.93. The highest BCUT2D eigenvalue weighted by Crippen LogP contribution is 2.34. The average Bonchev–Trinajstić information content (AvgIpc) is 2.39. The first kappa shape index (κ1) is 13.4. The van der Waals surface area contributed by atoms with Crippen molar-refractivity contribution < 1.29 is 9.47 Å². The maximum Gasteiger partial charge on any atom is 0.124 e. The van der Waals surface area contributed by atoms with Gasteiger partial charge in [-0.2, -0.15) is 0 Å². The van der Waals surface area contributed by atoms with Crippen LogP contribution in [0, 0.1) is 6.92 Å². The minimum absolute atomic E-state index is 0.0681. The largest absolute Gasteiger partial charge is 0.496 e. The van der Waals surface area contributed by atoms with Crippen molar-refractivity contribution in [2.45, 2.75) is 38.9 Å². The molecule has 18 heavy (non-hydrogen) atoms. The molecule has 0 bridgehead atoms. The molecule has 1 aromatic carbocycles. The van der Waals surface area contributed by atoms with Crippen LogP contribution in [-0.2, 0) is 4.74 Å². The van der Waals surface area contributed by atoms with Gasteiger partial charge in [-0.1, -0.05) is 18.6 Å². The zero-order valence-electron chi connectivity index (χ0n) is 11.7. The summed E-state index contributed by atoms with van der Waals surface area (Å²) in [5, 5.41) is 3.47. The number of benzene rings is 1. The molecule has 1 aliphatic rings. The Bertz CT molecular complexity index is 419. The Morgan fingerprint density at radius 1 is 1.50 bits per heavy atom. The minimum atomic E-state index is -0.0856. The predicted octanol–water partition coefficient (Wildman–Crippen LogP) is 2.83. The van der Waals surface area contributed by atoms with Crippen molar-refractivity contribution in [2.24, 2.45) is 0 Å². The summed E-state index contributed by atoms with van der Waals surface area (Å²) < 4.78 is 11.7. The zero-order valence-corrected chi connectivity index (χ0v) is 11.7. The molecule has 1 aromatic rings. The lowest BCUT2D eigenvalue weighted by Gasteiger charge is -2.39. The molecule has 0 radical (unpaired) electrons. The second kappa shape index (κ2) is 5.29. The van der Waals surface area contributed by atoms with Gasteiger partial charge in [-0.05, 0) is 32.4 Å². The van der Waals surface area contributed by atoms with Crippen LogP contribution >= 0.6 is 0 Å². The van der Waals surface area contributed by atoms with Crippen LogP contribution in [-0.4, -0.2) is 25.8 Å². The van der Waals surface area contributed by atoms with E-state index < -0.39 is 0 Å². The second-order valence-corrected chi connectivity index (χ2v) is 5.29. The fourth-order valence-electron chi connectivity index (χ4n) is 2.38. The number of hydrogen-bond donors (Lipinski definition) is 1. The number of methoxy groups -OCH3 is 1. The van der Waals surface area contributed by atoms with E-state index in [1.165, 1.54) is 5.56 Å². The van der Waals surface area contributed by atoms with Crippen LogP contribution in [0.3, 0.4) is 0 Å². The number of nitrogens with one attached hydrogen (secondary N) is 1. The molecule has 2 unspecified atom stereocenters. The van der Waals surface area contributed by atoms with Crippen molar-refractivity contribution in [3.8, 4) is 5.75 Å². The Hall–Kier alpha value is -1.06. The lowest BCUT2D eigenvalue weighted by Crippen LogP contribution is -2.48. The molecule has 0 aromatic heterocycles. The number of aryl methyl sites for hydroxylation is 1. The maximum absolute atomic E-state index is 6.26. The number of hydrogen-bond acceptors (Lipinski definition) is 3. The average molecular weight is 249 g/mol. The highest BCUT2D eigenvalue weighted by Gasteiger charge is 2.33. The van der Waals surface area contributed by atoms with Crippen molar-refractivity contribution in [2.75, 3.05) is 20.2 Å². The Morgan fingerprint density at radius 2 is 2.28 bits per heavy atom. The van der Waals surface area contributed by atoms with Gasteiger partial charge in [0.25, 0.3) is 0 Å². The Labute approximate surface area is 109 Å². The lowest BCUT2D eigenvalue weighted by molar-refractivity contribution is -0.109. The molecule has 3 nitrogen and oxygen atoms in total. The van der Waals surface area contributed by atoms with Crippen LogP contribution in [0.15, 0.2) is 18.2 Å². The number of ether oxygens (including phenoxy) is 2. The maximum atomic E-state index is 6.26. The van der Waals surface area contributed by atoms with Crippen LogP contribution in [0.25, 0.3) is 0 Å². The summed E-state index contributed by atoms with van der Waals surface area (Å²) in [4.78, 5) is 0. The fourth-order valence-corrected chi connectivity index (χ4v) is 2.38. The van der Waals surface area contributed by atoms with Crippen molar-refractivity contribution in [3.05, 3.63) is 29.3 Å². The topological polar surface area (TPSA) is 30.5 Å². The fraction of sp³-hybridized carbons (Fsp3) is 0.600. The third-order valence-electron chi connectivity index (χ3n) is 3.74. The molecule has 0 aliphatic carbocycles. The van der Waals surface area contributed by atoms with E-state index in [-0.39, 0.29) is 11.7 Å². The third kappa shape index (κ3) is 2.68. The van der Waals surface area contributed by atoms with Crippen LogP contribution in [0.5, 0.6) is 5.75 Å². The first-order valence-corrected chi connectivity index (χ1v) is 6.61. The molecule has 3 heteroatoms. The smallest absolute Gasteiger partial charge is 0.124 e. The van der Waals surface area contributed by atoms with E-state index in [1.807, 2.05) is 6.07 Å². The first-order valence-electron chi connectivity index (χ1n) is 6.61. The summed E-state index contributed by atoms with van der Waals surface area (Å²) in [6.07, 6.45) is 1.07. The molecule has 1 N–H and O–H groups in total. The normalized spacial score (nSPS) is 28.1. The van der Waals surface area contributed by atoms with Gasteiger partial charge in [0.15, 0.2) is 0 Å². The van der Waals surface area contributed by atoms with Gasteiger partial charge in [0.2, 0.25) is 0 Å². The molecule has 0 amide bonds. The molecular weight excluding hydrogens is 226 g/mol. The molecule has 0 saturated carbocycles. The molecule has 100 valence electrons. The standard InChI is InChI=1S/C15H23NO2/c1-5-15(3)10-16-9-14(18-15)12-8-11(2)6-7-13(12)17-4/h6-8,14,16H,5,9-10H2,1-4H3. The van der Waals surface area contributed by atoms with Crippen molar-refractivity contribution in [1.29, 1.82) is 0 Å². The molecule has 1 heterocycles. The van der Waals surface area contributed by atoms with Crippen LogP contribution in [0.2, 0.25) is 0 Å². The van der Waals surface area contributed by atoms with Gasteiger partial charge in [0.05, 0.1) is 18.8 Å². The van der Waals surface area contributed by atoms with Gasteiger partial charge in [0.1, 0.15) is 5.75 Å². The third-order valence-corrected chi connectivity index (χ3v) is 3.74. The summed E-state index contributed by atoms with van der Waals surface area (Å²) >= 11 is 0. The molecule has 0 spiro atoms.